The van der Waals surface area contributed by atoms with Gasteiger partial charge in [0.15, 0.2) is 0 Å². The van der Waals surface area contributed by atoms with Gasteiger partial charge in [-0.25, -0.2) is 9.97 Å². The first kappa shape index (κ1) is 19.8. The molecule has 3 heterocycles. The van der Waals surface area contributed by atoms with Crippen LogP contribution in [0.15, 0.2) is 61.2 Å². The molecular weight excluding hydrogens is 380 g/mol. The van der Waals surface area contributed by atoms with Crippen molar-refractivity contribution in [3.05, 3.63) is 82.4 Å². The number of rotatable bonds is 7. The minimum absolute atomic E-state index is 0.0668. The quantitative estimate of drug-likeness (QED) is 0.472. The van der Waals surface area contributed by atoms with Gasteiger partial charge in [0.25, 0.3) is 0 Å². The van der Waals surface area contributed by atoms with Crippen molar-refractivity contribution in [2.24, 2.45) is 5.92 Å². The summed E-state index contributed by atoms with van der Waals surface area (Å²) in [6, 6.07) is 14.2. The third-order valence-corrected chi connectivity index (χ3v) is 5.45. The van der Waals surface area contributed by atoms with Crippen LogP contribution in [-0.2, 0) is 13.0 Å². The molecule has 0 atom stereocenters. The number of nitrogens with zero attached hydrogens (tertiary/aromatic N) is 5. The lowest BCUT2D eigenvalue weighted by Gasteiger charge is -2.32. The summed E-state index contributed by atoms with van der Waals surface area (Å²) in [6.45, 7) is 1.90. The van der Waals surface area contributed by atoms with E-state index in [1.165, 1.54) is 11.9 Å². The Morgan fingerprint density at radius 1 is 1.07 bits per heavy atom. The van der Waals surface area contributed by atoms with E-state index in [9.17, 15) is 10.1 Å². The van der Waals surface area contributed by atoms with E-state index in [0.717, 1.165) is 37.9 Å². The number of piperidine rings is 1. The second-order valence-corrected chi connectivity index (χ2v) is 7.49. The molecule has 0 aliphatic carbocycles. The zero-order chi connectivity index (χ0) is 20.8. The summed E-state index contributed by atoms with van der Waals surface area (Å²) in [5, 5.41) is 14.9. The van der Waals surface area contributed by atoms with E-state index in [4.69, 9.17) is 0 Å². The average molecular weight is 404 g/mol. The van der Waals surface area contributed by atoms with Crippen LogP contribution in [0.4, 0.5) is 17.3 Å². The molecule has 0 saturated carbocycles. The maximum Gasteiger partial charge on any atom is 0.353 e. The number of nitrogens with one attached hydrogen (secondary N) is 1. The van der Waals surface area contributed by atoms with Crippen LogP contribution in [0.25, 0.3) is 0 Å². The summed E-state index contributed by atoms with van der Waals surface area (Å²) in [4.78, 5) is 25.9. The van der Waals surface area contributed by atoms with Crippen LogP contribution in [0.2, 0.25) is 0 Å². The Morgan fingerprint density at radius 2 is 1.83 bits per heavy atom. The molecule has 0 spiro atoms. The molecule has 0 amide bonds. The van der Waals surface area contributed by atoms with Gasteiger partial charge in [-0.1, -0.05) is 36.4 Å². The van der Waals surface area contributed by atoms with Crippen molar-refractivity contribution in [1.82, 2.24) is 15.0 Å². The van der Waals surface area contributed by atoms with Gasteiger partial charge >= 0.3 is 5.69 Å². The predicted octanol–water partition coefficient (Wildman–Crippen LogP) is 3.85. The highest BCUT2D eigenvalue weighted by Crippen LogP contribution is 2.34. The minimum atomic E-state index is -0.392. The zero-order valence-electron chi connectivity index (χ0n) is 16.6. The SMILES string of the molecule is O=[N+]([O-])c1c(NCc2cccnc2)ncnc1N1CCC(Cc2ccccc2)CC1. The van der Waals surface area contributed by atoms with Gasteiger partial charge in [0.05, 0.1) is 4.92 Å². The van der Waals surface area contributed by atoms with E-state index in [1.54, 1.807) is 12.4 Å². The fourth-order valence-corrected chi connectivity index (χ4v) is 3.88. The Bertz CT molecular complexity index is 975. The Morgan fingerprint density at radius 3 is 2.53 bits per heavy atom. The van der Waals surface area contributed by atoms with Gasteiger partial charge in [0, 0.05) is 32.0 Å². The number of nitro groups is 1. The van der Waals surface area contributed by atoms with E-state index in [-0.39, 0.29) is 11.5 Å². The predicted molar refractivity (Wildman–Crippen MR) is 115 cm³/mol. The van der Waals surface area contributed by atoms with E-state index >= 15 is 0 Å². The van der Waals surface area contributed by atoms with Crippen molar-refractivity contribution in [1.29, 1.82) is 0 Å². The lowest BCUT2D eigenvalue weighted by Crippen LogP contribution is -2.35. The van der Waals surface area contributed by atoms with Gasteiger partial charge in [0.2, 0.25) is 11.6 Å². The summed E-state index contributed by atoms with van der Waals surface area (Å²) in [5.41, 5.74) is 2.20. The second kappa shape index (κ2) is 9.30. The Kier molecular flexibility index (Phi) is 6.12. The van der Waals surface area contributed by atoms with Crippen LogP contribution in [0.5, 0.6) is 0 Å². The molecule has 4 rings (SSSR count). The van der Waals surface area contributed by atoms with Gasteiger partial charge in [-0.15, -0.1) is 0 Å². The fraction of sp³-hybridized carbons (Fsp3) is 0.318. The first-order chi connectivity index (χ1) is 14.7. The molecule has 3 aromatic rings. The number of aromatic nitrogens is 3. The smallest absolute Gasteiger partial charge is 0.353 e. The minimum Gasteiger partial charge on any atom is -0.360 e. The third-order valence-electron chi connectivity index (χ3n) is 5.45. The van der Waals surface area contributed by atoms with Crippen molar-refractivity contribution in [2.45, 2.75) is 25.8 Å². The summed E-state index contributed by atoms with van der Waals surface area (Å²) in [6.07, 6.45) is 7.81. The molecule has 1 aliphatic rings. The summed E-state index contributed by atoms with van der Waals surface area (Å²) >= 11 is 0. The van der Waals surface area contributed by atoms with Crippen molar-refractivity contribution in [2.75, 3.05) is 23.3 Å². The lowest BCUT2D eigenvalue weighted by atomic mass is 9.90. The van der Waals surface area contributed by atoms with Crippen LogP contribution in [0.1, 0.15) is 24.0 Å². The molecule has 0 bridgehead atoms. The molecule has 1 aliphatic heterocycles. The maximum absolute atomic E-state index is 11.8. The molecule has 1 fully saturated rings. The standard InChI is InChI=1S/C22H24N6O2/c29-28(30)20-21(24-15-19-7-4-10-23-14-19)25-16-26-22(20)27-11-8-18(9-12-27)13-17-5-2-1-3-6-17/h1-7,10,14,16,18H,8-9,11-13,15H2,(H,24,25,26). The molecule has 1 N–H and O–H groups in total. The number of hydrogen-bond donors (Lipinski definition) is 1. The Balaban J connectivity index is 1.45. The normalized spacial score (nSPS) is 14.5. The van der Waals surface area contributed by atoms with Crippen LogP contribution in [-0.4, -0.2) is 33.0 Å². The van der Waals surface area contributed by atoms with Gasteiger partial charge in [-0.05, 0) is 42.4 Å². The van der Waals surface area contributed by atoms with Crippen molar-refractivity contribution in [3.63, 3.8) is 0 Å². The van der Waals surface area contributed by atoms with E-state index < -0.39 is 4.92 Å². The third kappa shape index (κ3) is 4.71. The van der Waals surface area contributed by atoms with Crippen LogP contribution >= 0.6 is 0 Å². The van der Waals surface area contributed by atoms with Crippen LogP contribution < -0.4 is 10.2 Å². The molecule has 0 radical (unpaired) electrons. The average Bonchev–Trinajstić information content (AvgIpc) is 2.79. The van der Waals surface area contributed by atoms with Crippen molar-refractivity contribution in [3.8, 4) is 0 Å². The van der Waals surface area contributed by atoms with Crippen LogP contribution in [0, 0.1) is 16.0 Å². The summed E-state index contributed by atoms with van der Waals surface area (Å²) < 4.78 is 0. The van der Waals surface area contributed by atoms with E-state index in [1.807, 2.05) is 23.1 Å². The highest BCUT2D eigenvalue weighted by atomic mass is 16.6. The van der Waals surface area contributed by atoms with Gasteiger partial charge in [-0.3, -0.25) is 15.1 Å². The summed E-state index contributed by atoms with van der Waals surface area (Å²) in [7, 11) is 0. The molecule has 0 unspecified atom stereocenters. The highest BCUT2D eigenvalue weighted by molar-refractivity contribution is 5.70. The van der Waals surface area contributed by atoms with Gasteiger partial charge < -0.3 is 10.2 Å². The molecular formula is C22H24N6O2. The lowest BCUT2D eigenvalue weighted by molar-refractivity contribution is -0.383. The Hall–Kier alpha value is -3.55. The Labute approximate surface area is 175 Å². The number of pyridine rings is 1. The molecule has 30 heavy (non-hydrogen) atoms. The first-order valence-corrected chi connectivity index (χ1v) is 10.1. The summed E-state index contributed by atoms with van der Waals surface area (Å²) in [5.74, 6) is 1.20. The van der Waals surface area contributed by atoms with E-state index in [0.29, 0.717) is 18.3 Å². The number of hydrogen-bond acceptors (Lipinski definition) is 7. The van der Waals surface area contributed by atoms with Crippen molar-refractivity contribution < 1.29 is 4.92 Å². The molecule has 1 saturated heterocycles. The molecule has 1 aromatic carbocycles. The monoisotopic (exact) mass is 404 g/mol. The number of benzene rings is 1. The largest absolute Gasteiger partial charge is 0.360 e. The zero-order valence-corrected chi connectivity index (χ0v) is 16.6. The first-order valence-electron chi connectivity index (χ1n) is 10.1. The van der Waals surface area contributed by atoms with E-state index in [2.05, 4.69) is 44.5 Å². The molecule has 154 valence electrons. The molecule has 8 heteroatoms. The van der Waals surface area contributed by atoms with Crippen LogP contribution in [0.3, 0.4) is 0 Å². The second-order valence-electron chi connectivity index (χ2n) is 7.49. The number of anilines is 2. The van der Waals surface area contributed by atoms with Gasteiger partial charge in [0.1, 0.15) is 6.33 Å². The topological polar surface area (TPSA) is 97.1 Å². The molecule has 2 aromatic heterocycles. The fourth-order valence-electron chi connectivity index (χ4n) is 3.88. The highest BCUT2D eigenvalue weighted by Gasteiger charge is 2.29. The van der Waals surface area contributed by atoms with Gasteiger partial charge in [-0.2, -0.15) is 0 Å². The van der Waals surface area contributed by atoms with Crippen molar-refractivity contribution >= 4 is 17.3 Å². The maximum atomic E-state index is 11.8. The molecule has 8 nitrogen and oxygen atoms in total.